The molecule has 0 unspecified atom stereocenters. The SMILES string of the molecule is C=Cc1ccc(C#Cc2oc3ccc(OC)cc3c2-c2ccccc2)cc1. The Morgan fingerprint density at radius 2 is 1.70 bits per heavy atom. The molecule has 4 rings (SSSR count). The molecule has 0 aliphatic rings. The van der Waals surface area contributed by atoms with Gasteiger partial charge in [0.05, 0.1) is 7.11 Å². The highest BCUT2D eigenvalue weighted by Gasteiger charge is 2.15. The largest absolute Gasteiger partial charge is 0.497 e. The van der Waals surface area contributed by atoms with Gasteiger partial charge >= 0.3 is 0 Å². The van der Waals surface area contributed by atoms with E-state index in [1.165, 1.54) is 0 Å². The van der Waals surface area contributed by atoms with Crippen molar-refractivity contribution in [1.82, 2.24) is 0 Å². The number of benzene rings is 3. The zero-order valence-electron chi connectivity index (χ0n) is 15.0. The lowest BCUT2D eigenvalue weighted by molar-refractivity contribution is 0.415. The lowest BCUT2D eigenvalue weighted by Gasteiger charge is -2.01. The van der Waals surface area contributed by atoms with Gasteiger partial charge in [0.25, 0.3) is 0 Å². The number of furan rings is 1. The molecule has 0 radical (unpaired) electrons. The molecule has 1 heterocycles. The third-order valence-electron chi connectivity index (χ3n) is 4.42. The molecule has 0 bridgehead atoms. The Kier molecular flexibility index (Phi) is 4.51. The molecule has 0 aliphatic carbocycles. The molecule has 2 heteroatoms. The minimum absolute atomic E-state index is 0.650. The average Bonchev–Trinajstić information content (AvgIpc) is 3.10. The highest BCUT2D eigenvalue weighted by molar-refractivity contribution is 5.97. The molecule has 130 valence electrons. The van der Waals surface area contributed by atoms with E-state index in [9.17, 15) is 0 Å². The number of ether oxygens (including phenoxy) is 1. The summed E-state index contributed by atoms with van der Waals surface area (Å²) >= 11 is 0. The van der Waals surface area contributed by atoms with E-state index in [4.69, 9.17) is 9.15 Å². The van der Waals surface area contributed by atoms with Gasteiger partial charge in [0.15, 0.2) is 5.76 Å². The van der Waals surface area contributed by atoms with Crippen LogP contribution in [0.1, 0.15) is 16.9 Å². The number of rotatable bonds is 3. The molecule has 27 heavy (non-hydrogen) atoms. The Morgan fingerprint density at radius 3 is 2.41 bits per heavy atom. The topological polar surface area (TPSA) is 22.4 Å². The molecule has 0 N–H and O–H groups in total. The fourth-order valence-corrected chi connectivity index (χ4v) is 3.01. The molecule has 0 amide bonds. The lowest BCUT2D eigenvalue weighted by atomic mass is 10.0. The van der Waals surface area contributed by atoms with Crippen molar-refractivity contribution in [1.29, 1.82) is 0 Å². The van der Waals surface area contributed by atoms with Crippen LogP contribution in [0.3, 0.4) is 0 Å². The molecule has 3 aromatic carbocycles. The number of fused-ring (bicyclic) bond motifs is 1. The standard InChI is InChI=1S/C25H18O2/c1-3-18-9-11-19(12-10-18)13-15-24-25(20-7-5-4-6-8-20)22-17-21(26-2)14-16-23(22)27-24/h3-12,14,16-17H,1H2,2H3. The summed E-state index contributed by atoms with van der Waals surface area (Å²) in [4.78, 5) is 0. The van der Waals surface area contributed by atoms with Crippen molar-refractivity contribution in [3.05, 3.63) is 96.3 Å². The monoisotopic (exact) mass is 350 g/mol. The van der Waals surface area contributed by atoms with E-state index in [1.54, 1.807) is 7.11 Å². The van der Waals surface area contributed by atoms with E-state index < -0.39 is 0 Å². The van der Waals surface area contributed by atoms with Gasteiger partial charge in [-0.15, -0.1) is 0 Å². The van der Waals surface area contributed by atoms with Gasteiger partial charge in [-0.3, -0.25) is 0 Å². The van der Waals surface area contributed by atoms with Gasteiger partial charge in [-0.1, -0.05) is 61.0 Å². The first-order valence-corrected chi connectivity index (χ1v) is 8.69. The molecule has 0 spiro atoms. The zero-order valence-corrected chi connectivity index (χ0v) is 15.0. The van der Waals surface area contributed by atoms with Crippen molar-refractivity contribution < 1.29 is 9.15 Å². The van der Waals surface area contributed by atoms with Crippen LogP contribution in [0.15, 0.2) is 83.8 Å². The van der Waals surface area contributed by atoms with Crippen molar-refractivity contribution >= 4 is 17.0 Å². The van der Waals surface area contributed by atoms with Gasteiger partial charge in [0.1, 0.15) is 11.3 Å². The summed E-state index contributed by atoms with van der Waals surface area (Å²) in [6.45, 7) is 3.78. The van der Waals surface area contributed by atoms with Crippen LogP contribution < -0.4 is 4.74 Å². The third kappa shape index (κ3) is 3.36. The van der Waals surface area contributed by atoms with E-state index in [2.05, 4.69) is 30.6 Å². The minimum Gasteiger partial charge on any atom is -0.497 e. The molecule has 2 nitrogen and oxygen atoms in total. The zero-order chi connectivity index (χ0) is 18.6. The van der Waals surface area contributed by atoms with Crippen molar-refractivity contribution in [2.75, 3.05) is 7.11 Å². The molecule has 0 fully saturated rings. The maximum Gasteiger partial charge on any atom is 0.186 e. The summed E-state index contributed by atoms with van der Waals surface area (Å²) in [5.41, 5.74) is 4.84. The Labute approximate surface area is 158 Å². The molecule has 0 aliphatic heterocycles. The quantitative estimate of drug-likeness (QED) is 0.413. The fourth-order valence-electron chi connectivity index (χ4n) is 3.01. The number of hydrogen-bond donors (Lipinski definition) is 0. The maximum absolute atomic E-state index is 6.07. The van der Waals surface area contributed by atoms with Crippen LogP contribution >= 0.6 is 0 Å². The van der Waals surface area contributed by atoms with E-state index in [0.717, 1.165) is 39.0 Å². The molecular formula is C25H18O2. The predicted molar refractivity (Wildman–Crippen MR) is 111 cm³/mol. The number of methoxy groups -OCH3 is 1. The van der Waals surface area contributed by atoms with Crippen molar-refractivity contribution in [3.8, 4) is 28.7 Å². The van der Waals surface area contributed by atoms with Crippen molar-refractivity contribution in [3.63, 3.8) is 0 Å². The molecule has 4 aromatic rings. The van der Waals surface area contributed by atoms with Crippen LogP contribution in [0.25, 0.3) is 28.2 Å². The summed E-state index contributed by atoms with van der Waals surface area (Å²) in [5, 5.41) is 0.992. The maximum atomic E-state index is 6.07. The Bertz CT molecular complexity index is 1150. The first-order valence-electron chi connectivity index (χ1n) is 8.69. The van der Waals surface area contributed by atoms with Crippen LogP contribution in [0.2, 0.25) is 0 Å². The molecular weight excluding hydrogens is 332 g/mol. The third-order valence-corrected chi connectivity index (χ3v) is 4.42. The normalized spacial score (nSPS) is 10.3. The van der Waals surface area contributed by atoms with Gasteiger partial charge in [-0.25, -0.2) is 0 Å². The minimum atomic E-state index is 0.650. The first-order chi connectivity index (χ1) is 13.3. The van der Waals surface area contributed by atoms with Gasteiger partial charge < -0.3 is 9.15 Å². The second-order valence-electron chi connectivity index (χ2n) is 6.11. The van der Waals surface area contributed by atoms with Crippen molar-refractivity contribution in [2.45, 2.75) is 0 Å². The highest BCUT2D eigenvalue weighted by atomic mass is 16.5. The second kappa shape index (κ2) is 7.27. The average molecular weight is 350 g/mol. The molecule has 1 aromatic heterocycles. The van der Waals surface area contributed by atoms with Gasteiger partial charge in [0.2, 0.25) is 0 Å². The summed E-state index contributed by atoms with van der Waals surface area (Å²) in [7, 11) is 1.66. The Morgan fingerprint density at radius 1 is 0.926 bits per heavy atom. The summed E-state index contributed by atoms with van der Waals surface area (Å²) < 4.78 is 11.5. The van der Waals surface area contributed by atoms with E-state index in [0.29, 0.717) is 5.76 Å². The summed E-state index contributed by atoms with van der Waals surface area (Å²) in [6, 6.07) is 23.9. The first kappa shape index (κ1) is 16.8. The van der Waals surface area contributed by atoms with Crippen LogP contribution in [0.5, 0.6) is 5.75 Å². The second-order valence-corrected chi connectivity index (χ2v) is 6.11. The van der Waals surface area contributed by atoms with Gasteiger partial charge in [0, 0.05) is 16.5 Å². The predicted octanol–water partition coefficient (Wildman–Crippen LogP) is 6.15. The molecule has 0 saturated carbocycles. The molecule has 0 saturated heterocycles. The smallest absolute Gasteiger partial charge is 0.186 e. The fraction of sp³-hybridized carbons (Fsp3) is 0.0400. The molecule has 0 atom stereocenters. The van der Waals surface area contributed by atoms with Crippen LogP contribution in [-0.4, -0.2) is 7.11 Å². The van der Waals surface area contributed by atoms with Crippen LogP contribution in [-0.2, 0) is 0 Å². The summed E-state index contributed by atoms with van der Waals surface area (Å²) in [6.07, 6.45) is 1.82. The lowest BCUT2D eigenvalue weighted by Crippen LogP contribution is -1.83. The van der Waals surface area contributed by atoms with E-state index in [-0.39, 0.29) is 0 Å². The summed E-state index contributed by atoms with van der Waals surface area (Å²) in [5.74, 6) is 7.85. The van der Waals surface area contributed by atoms with Crippen LogP contribution in [0.4, 0.5) is 0 Å². The van der Waals surface area contributed by atoms with Gasteiger partial charge in [-0.05, 0) is 47.4 Å². The van der Waals surface area contributed by atoms with Gasteiger partial charge in [-0.2, -0.15) is 0 Å². The van der Waals surface area contributed by atoms with Crippen LogP contribution in [0, 0.1) is 11.8 Å². The Balaban J connectivity index is 1.87. The number of hydrogen-bond acceptors (Lipinski definition) is 2. The van der Waals surface area contributed by atoms with E-state index in [1.807, 2.05) is 66.7 Å². The van der Waals surface area contributed by atoms with Crippen molar-refractivity contribution in [2.24, 2.45) is 0 Å². The highest BCUT2D eigenvalue weighted by Crippen LogP contribution is 2.36. The Hall–Kier alpha value is -3.70. The van der Waals surface area contributed by atoms with E-state index >= 15 is 0 Å².